The topological polar surface area (TPSA) is 62.3 Å². The fourth-order valence-corrected chi connectivity index (χ4v) is 6.27. The van der Waals surface area contributed by atoms with Gasteiger partial charge in [-0.3, -0.25) is 4.98 Å². The van der Waals surface area contributed by atoms with E-state index in [1.165, 1.54) is 6.07 Å². The molecule has 0 atom stereocenters. The summed E-state index contributed by atoms with van der Waals surface area (Å²) in [6.45, 7) is 1.08. The number of sulfonamides is 1. The zero-order valence-electron chi connectivity index (χ0n) is 16.9. The number of pyridine rings is 1. The van der Waals surface area contributed by atoms with Crippen LogP contribution in [0, 0.1) is 5.82 Å². The summed E-state index contributed by atoms with van der Waals surface area (Å²) in [5.74, 6) is -0.443. The third-order valence-corrected chi connectivity index (χ3v) is 8.82. The normalized spacial score (nSPS) is 18.4. The standard InChI is InChI=1S/C23H23ClFN3O2S/c24-21-12-15(1-4-22(21)25)17-11-16-5-8-26-14-20(16)23(13-17)27-18-6-9-28(10-7-18)31(29,30)19-2-3-19/h1,4-5,8,11-14,18-19,27H,2-3,6-7,9-10H2. The zero-order valence-corrected chi connectivity index (χ0v) is 18.5. The molecule has 3 aromatic rings. The van der Waals surface area contributed by atoms with Gasteiger partial charge in [0.2, 0.25) is 10.0 Å². The van der Waals surface area contributed by atoms with Crippen LogP contribution in [0.2, 0.25) is 5.02 Å². The molecule has 2 aliphatic rings. The molecular weight excluding hydrogens is 437 g/mol. The number of hydrogen-bond donors (Lipinski definition) is 1. The monoisotopic (exact) mass is 459 g/mol. The van der Waals surface area contributed by atoms with Crippen molar-refractivity contribution in [1.82, 2.24) is 9.29 Å². The number of nitrogens with zero attached hydrogens (tertiary/aromatic N) is 2. The Morgan fingerprint density at radius 3 is 2.52 bits per heavy atom. The second-order valence-electron chi connectivity index (χ2n) is 8.31. The van der Waals surface area contributed by atoms with Crippen LogP contribution in [0.5, 0.6) is 0 Å². The molecule has 5 rings (SSSR count). The van der Waals surface area contributed by atoms with Crippen molar-refractivity contribution in [3.05, 3.63) is 59.6 Å². The third kappa shape index (κ3) is 4.14. The largest absolute Gasteiger partial charge is 0.382 e. The molecule has 5 nitrogen and oxygen atoms in total. The predicted molar refractivity (Wildman–Crippen MR) is 122 cm³/mol. The summed E-state index contributed by atoms with van der Waals surface area (Å²) in [6.07, 6.45) is 6.65. The van der Waals surface area contributed by atoms with Crippen molar-refractivity contribution in [1.29, 1.82) is 0 Å². The molecule has 0 radical (unpaired) electrons. The SMILES string of the molecule is O=S(=O)(C1CC1)N1CCC(Nc2cc(-c3ccc(F)c(Cl)c3)cc3ccncc23)CC1. The Morgan fingerprint density at radius 1 is 1.03 bits per heavy atom. The van der Waals surface area contributed by atoms with Gasteiger partial charge < -0.3 is 5.32 Å². The van der Waals surface area contributed by atoms with E-state index in [-0.39, 0.29) is 16.3 Å². The molecule has 8 heteroatoms. The third-order valence-electron chi connectivity index (χ3n) is 6.13. The lowest BCUT2D eigenvalue weighted by Crippen LogP contribution is -2.43. The van der Waals surface area contributed by atoms with Gasteiger partial charge in [-0.2, -0.15) is 0 Å². The van der Waals surface area contributed by atoms with Crippen LogP contribution >= 0.6 is 11.6 Å². The minimum absolute atomic E-state index is 0.0890. The summed E-state index contributed by atoms with van der Waals surface area (Å²) < 4.78 is 40.3. The second-order valence-corrected chi connectivity index (χ2v) is 10.9. The number of benzene rings is 2. The average Bonchev–Trinajstić information content (AvgIpc) is 3.62. The van der Waals surface area contributed by atoms with Gasteiger partial charge in [-0.05, 0) is 72.5 Å². The molecule has 2 aromatic carbocycles. The lowest BCUT2D eigenvalue weighted by molar-refractivity contribution is 0.329. The Kier molecular flexibility index (Phi) is 5.36. The smallest absolute Gasteiger partial charge is 0.216 e. The van der Waals surface area contributed by atoms with Gasteiger partial charge in [-0.1, -0.05) is 17.7 Å². The van der Waals surface area contributed by atoms with Crippen LogP contribution in [0.15, 0.2) is 48.8 Å². The van der Waals surface area contributed by atoms with E-state index in [2.05, 4.69) is 10.3 Å². The summed E-state index contributed by atoms with van der Waals surface area (Å²) in [6, 6.07) is 10.9. The maximum Gasteiger partial charge on any atom is 0.216 e. The van der Waals surface area contributed by atoms with Gasteiger partial charge in [0.1, 0.15) is 5.82 Å². The van der Waals surface area contributed by atoms with Crippen LogP contribution in [0.4, 0.5) is 10.1 Å². The van der Waals surface area contributed by atoms with Crippen molar-refractivity contribution < 1.29 is 12.8 Å². The molecule has 162 valence electrons. The highest BCUT2D eigenvalue weighted by Gasteiger charge is 2.41. The number of halogens is 2. The Morgan fingerprint density at radius 2 is 1.81 bits per heavy atom. The fourth-order valence-electron chi connectivity index (χ4n) is 4.21. The molecule has 1 aliphatic carbocycles. The maximum atomic E-state index is 13.6. The maximum absolute atomic E-state index is 13.6. The number of hydrogen-bond acceptors (Lipinski definition) is 4. The van der Waals surface area contributed by atoms with Gasteiger partial charge in [-0.15, -0.1) is 0 Å². The summed E-state index contributed by atoms with van der Waals surface area (Å²) >= 11 is 6.00. The lowest BCUT2D eigenvalue weighted by atomic mass is 9.99. The number of anilines is 1. The fraction of sp³-hybridized carbons (Fsp3) is 0.348. The molecule has 0 amide bonds. The molecule has 2 heterocycles. The zero-order chi connectivity index (χ0) is 21.6. The number of fused-ring (bicyclic) bond motifs is 1. The van der Waals surface area contributed by atoms with Crippen molar-refractivity contribution in [2.75, 3.05) is 18.4 Å². The van der Waals surface area contributed by atoms with E-state index in [4.69, 9.17) is 11.6 Å². The summed E-state index contributed by atoms with van der Waals surface area (Å²) in [5.41, 5.74) is 2.69. The molecule has 1 saturated carbocycles. The van der Waals surface area contributed by atoms with E-state index in [9.17, 15) is 12.8 Å². The molecular formula is C23H23ClFN3O2S. The number of aromatic nitrogens is 1. The number of piperidine rings is 1. The van der Waals surface area contributed by atoms with E-state index >= 15 is 0 Å². The first-order chi connectivity index (χ1) is 14.9. The molecule has 1 aliphatic heterocycles. The Hall–Kier alpha value is -2.22. The van der Waals surface area contributed by atoms with Crippen LogP contribution in [0.25, 0.3) is 21.9 Å². The molecule has 0 spiro atoms. The van der Waals surface area contributed by atoms with Gasteiger partial charge >= 0.3 is 0 Å². The molecule has 0 bridgehead atoms. The van der Waals surface area contributed by atoms with E-state index < -0.39 is 15.8 Å². The van der Waals surface area contributed by atoms with Gasteiger partial charge in [0.25, 0.3) is 0 Å². The van der Waals surface area contributed by atoms with Gasteiger partial charge in [0.15, 0.2) is 0 Å². The highest BCUT2D eigenvalue weighted by atomic mass is 35.5. The highest BCUT2D eigenvalue weighted by molar-refractivity contribution is 7.90. The number of nitrogens with one attached hydrogen (secondary N) is 1. The molecule has 1 N–H and O–H groups in total. The Labute approximate surface area is 186 Å². The first-order valence-electron chi connectivity index (χ1n) is 10.5. The van der Waals surface area contributed by atoms with Gasteiger partial charge in [-0.25, -0.2) is 17.1 Å². The van der Waals surface area contributed by atoms with E-state index in [0.29, 0.717) is 13.1 Å². The minimum atomic E-state index is -3.12. The first kappa shape index (κ1) is 20.7. The van der Waals surface area contributed by atoms with E-state index in [1.54, 1.807) is 22.6 Å². The molecule has 2 fully saturated rings. The van der Waals surface area contributed by atoms with Crippen LogP contribution in [0.1, 0.15) is 25.7 Å². The number of rotatable bonds is 5. The van der Waals surface area contributed by atoms with Crippen LogP contribution in [-0.4, -0.2) is 42.1 Å². The second kappa shape index (κ2) is 8.04. The Bertz CT molecular complexity index is 1240. The van der Waals surface area contributed by atoms with Crippen molar-refractivity contribution in [3.63, 3.8) is 0 Å². The predicted octanol–water partition coefficient (Wildman–Crippen LogP) is 5.06. The summed E-state index contributed by atoms with van der Waals surface area (Å²) in [4.78, 5) is 4.27. The summed E-state index contributed by atoms with van der Waals surface area (Å²) in [7, 11) is -3.12. The van der Waals surface area contributed by atoms with Gasteiger partial charge in [0.05, 0.1) is 10.3 Å². The van der Waals surface area contributed by atoms with Crippen molar-refractivity contribution in [3.8, 4) is 11.1 Å². The van der Waals surface area contributed by atoms with Crippen LogP contribution in [0.3, 0.4) is 0 Å². The quantitative estimate of drug-likeness (QED) is 0.579. The van der Waals surface area contributed by atoms with Crippen molar-refractivity contribution >= 4 is 38.1 Å². The van der Waals surface area contributed by atoms with Gasteiger partial charge in [0, 0.05) is 42.6 Å². The van der Waals surface area contributed by atoms with Crippen LogP contribution in [-0.2, 0) is 10.0 Å². The first-order valence-corrected chi connectivity index (χ1v) is 12.4. The summed E-state index contributed by atoms with van der Waals surface area (Å²) in [5, 5.41) is 5.55. The molecule has 31 heavy (non-hydrogen) atoms. The van der Waals surface area contributed by atoms with E-state index in [0.717, 1.165) is 53.3 Å². The minimum Gasteiger partial charge on any atom is -0.382 e. The molecule has 1 aromatic heterocycles. The van der Waals surface area contributed by atoms with Crippen LogP contribution < -0.4 is 5.32 Å². The molecule has 1 saturated heterocycles. The Balaban J connectivity index is 1.41. The highest BCUT2D eigenvalue weighted by Crippen LogP contribution is 2.35. The van der Waals surface area contributed by atoms with Crippen molar-refractivity contribution in [2.24, 2.45) is 0 Å². The lowest BCUT2D eigenvalue weighted by Gasteiger charge is -2.32. The van der Waals surface area contributed by atoms with E-state index in [1.807, 2.05) is 24.4 Å². The average molecular weight is 460 g/mol. The molecule has 0 unspecified atom stereocenters. The van der Waals surface area contributed by atoms with Crippen molar-refractivity contribution in [2.45, 2.75) is 37.0 Å².